The minimum absolute atomic E-state index is 0. The maximum Gasteiger partial charge on any atom is 0.335 e. The van der Waals surface area contributed by atoms with Crippen molar-refractivity contribution < 1.29 is 9.90 Å². The molecule has 0 unspecified atom stereocenters. The molecule has 0 aliphatic carbocycles. The van der Waals surface area contributed by atoms with Crippen LogP contribution in [0.3, 0.4) is 0 Å². The van der Waals surface area contributed by atoms with Crippen LogP contribution in [0.1, 0.15) is 0 Å². The van der Waals surface area contributed by atoms with Gasteiger partial charge in [-0.15, -0.1) is 24.0 Å². The maximum absolute atomic E-state index is 10.3. The Balaban J connectivity index is 0.000001000. The molecule has 62 valence electrons. The zero-order valence-electron chi connectivity index (χ0n) is 6.15. The van der Waals surface area contributed by atoms with Gasteiger partial charge in [0.2, 0.25) is 0 Å². The zero-order chi connectivity index (χ0) is 7.56. The highest BCUT2D eigenvalue weighted by Crippen LogP contribution is 2.04. The van der Waals surface area contributed by atoms with Crippen LogP contribution in [0.15, 0.2) is 23.9 Å². The fourth-order valence-corrected chi connectivity index (χ4v) is 0.737. The van der Waals surface area contributed by atoms with Crippen molar-refractivity contribution in [1.29, 1.82) is 0 Å². The third kappa shape index (κ3) is 2.92. The molecule has 1 rings (SSSR count). The minimum Gasteiger partial charge on any atom is -0.478 e. The first kappa shape index (κ1) is 10.5. The first-order valence-corrected chi connectivity index (χ1v) is 3.02. The van der Waals surface area contributed by atoms with Gasteiger partial charge in [0.15, 0.2) is 0 Å². The molecule has 0 radical (unpaired) electrons. The number of hydrogen-bond donors (Lipinski definition) is 1. The van der Waals surface area contributed by atoms with Gasteiger partial charge in [-0.3, -0.25) is 0 Å². The van der Waals surface area contributed by atoms with E-state index < -0.39 is 5.97 Å². The summed E-state index contributed by atoms with van der Waals surface area (Å²) in [5.41, 5.74) is 0.373. The van der Waals surface area contributed by atoms with Crippen LogP contribution in [0.2, 0.25) is 0 Å². The normalized spacial score (nSPS) is 15.4. The number of halogens is 1. The molecule has 0 aromatic carbocycles. The molecule has 0 fully saturated rings. The average Bonchev–Trinajstić information content (AvgIpc) is 1.88. The largest absolute Gasteiger partial charge is 0.478 e. The Morgan fingerprint density at radius 3 is 2.73 bits per heavy atom. The van der Waals surface area contributed by atoms with Crippen LogP contribution in [-0.4, -0.2) is 29.6 Å². The summed E-state index contributed by atoms with van der Waals surface area (Å²) in [6.07, 6.45) is 5.03. The van der Waals surface area contributed by atoms with E-state index in [9.17, 15) is 4.79 Å². The SMILES string of the molecule is CN1C=CC(C(=O)O)=CC1.I. The highest BCUT2D eigenvalue weighted by molar-refractivity contribution is 14.0. The summed E-state index contributed by atoms with van der Waals surface area (Å²) in [6.45, 7) is 0.679. The van der Waals surface area contributed by atoms with E-state index in [1.807, 2.05) is 11.9 Å². The summed E-state index contributed by atoms with van der Waals surface area (Å²) in [7, 11) is 1.89. The van der Waals surface area contributed by atoms with Crippen molar-refractivity contribution in [3.8, 4) is 0 Å². The van der Waals surface area contributed by atoms with E-state index in [0.29, 0.717) is 12.1 Å². The maximum atomic E-state index is 10.3. The molecule has 0 spiro atoms. The van der Waals surface area contributed by atoms with Gasteiger partial charge in [0.25, 0.3) is 0 Å². The molecule has 1 N–H and O–H groups in total. The van der Waals surface area contributed by atoms with Gasteiger partial charge in [-0.1, -0.05) is 6.08 Å². The van der Waals surface area contributed by atoms with Crippen molar-refractivity contribution in [3.05, 3.63) is 23.9 Å². The Morgan fingerprint density at radius 2 is 2.36 bits per heavy atom. The quantitative estimate of drug-likeness (QED) is 0.722. The molecule has 0 saturated heterocycles. The van der Waals surface area contributed by atoms with Crippen LogP contribution < -0.4 is 0 Å². The van der Waals surface area contributed by atoms with E-state index in [0.717, 1.165) is 0 Å². The van der Waals surface area contributed by atoms with Crippen molar-refractivity contribution in [2.75, 3.05) is 13.6 Å². The first-order chi connectivity index (χ1) is 4.70. The molecule has 0 aromatic rings. The van der Waals surface area contributed by atoms with Crippen LogP contribution in [-0.2, 0) is 4.79 Å². The lowest BCUT2D eigenvalue weighted by atomic mass is 10.2. The van der Waals surface area contributed by atoms with Crippen molar-refractivity contribution in [1.82, 2.24) is 4.90 Å². The number of rotatable bonds is 1. The number of carboxylic acids is 1. The predicted molar refractivity (Wildman–Crippen MR) is 52.9 cm³/mol. The van der Waals surface area contributed by atoms with E-state index in [1.165, 1.54) is 0 Å². The number of hydrogen-bond acceptors (Lipinski definition) is 2. The lowest BCUT2D eigenvalue weighted by Gasteiger charge is -2.14. The molecule has 0 saturated carbocycles. The molecule has 0 amide bonds. The van der Waals surface area contributed by atoms with E-state index in [-0.39, 0.29) is 24.0 Å². The van der Waals surface area contributed by atoms with Crippen LogP contribution in [0.5, 0.6) is 0 Å². The molecule has 4 heteroatoms. The second-order valence-electron chi connectivity index (χ2n) is 2.22. The third-order valence-corrected chi connectivity index (χ3v) is 1.35. The molecule has 1 heterocycles. The number of aliphatic carboxylic acids is 1. The number of carboxylic acid groups (broad SMARTS) is 1. The number of nitrogens with zero attached hydrogens (tertiary/aromatic N) is 1. The third-order valence-electron chi connectivity index (χ3n) is 1.35. The molecule has 1 aliphatic heterocycles. The summed E-state index contributed by atoms with van der Waals surface area (Å²) >= 11 is 0. The Kier molecular flexibility index (Phi) is 4.17. The lowest BCUT2D eigenvalue weighted by molar-refractivity contribution is -0.132. The molecule has 0 aromatic heterocycles. The van der Waals surface area contributed by atoms with Gasteiger partial charge >= 0.3 is 5.97 Å². The standard InChI is InChI=1S/C7H9NO2.HI/c1-8-4-2-6(3-5-8)7(9)10;/h2-4H,5H2,1H3,(H,9,10);1H. The van der Waals surface area contributed by atoms with Gasteiger partial charge in [-0.25, -0.2) is 4.79 Å². The predicted octanol–water partition coefficient (Wildman–Crippen LogP) is 1.07. The van der Waals surface area contributed by atoms with Gasteiger partial charge < -0.3 is 10.0 Å². The van der Waals surface area contributed by atoms with Crippen molar-refractivity contribution in [3.63, 3.8) is 0 Å². The Morgan fingerprint density at radius 1 is 1.73 bits per heavy atom. The number of carbonyl (C=O) groups is 1. The molecule has 0 bridgehead atoms. The van der Waals surface area contributed by atoms with Gasteiger partial charge in [0.1, 0.15) is 0 Å². The second kappa shape index (κ2) is 4.38. The van der Waals surface area contributed by atoms with Gasteiger partial charge in [-0.2, -0.15) is 0 Å². The van der Waals surface area contributed by atoms with E-state index in [4.69, 9.17) is 5.11 Å². The van der Waals surface area contributed by atoms with Crippen LogP contribution in [0.25, 0.3) is 0 Å². The Hall–Kier alpha value is -0.520. The van der Waals surface area contributed by atoms with Crippen molar-refractivity contribution in [2.24, 2.45) is 0 Å². The summed E-state index contributed by atoms with van der Waals surface area (Å²) in [5.74, 6) is -0.857. The van der Waals surface area contributed by atoms with Gasteiger partial charge in [-0.05, 0) is 12.3 Å². The first-order valence-electron chi connectivity index (χ1n) is 3.02. The van der Waals surface area contributed by atoms with Crippen LogP contribution >= 0.6 is 24.0 Å². The molecule has 1 aliphatic rings. The van der Waals surface area contributed by atoms with Gasteiger partial charge in [0.05, 0.1) is 5.57 Å². The summed E-state index contributed by atoms with van der Waals surface area (Å²) in [5, 5.41) is 8.49. The monoisotopic (exact) mass is 267 g/mol. The topological polar surface area (TPSA) is 40.5 Å². The smallest absolute Gasteiger partial charge is 0.335 e. The van der Waals surface area contributed by atoms with E-state index >= 15 is 0 Å². The minimum atomic E-state index is -0.857. The average molecular weight is 267 g/mol. The Bertz CT molecular complexity index is 210. The lowest BCUT2D eigenvalue weighted by Crippen LogP contribution is -2.15. The fourth-order valence-electron chi connectivity index (χ4n) is 0.737. The highest BCUT2D eigenvalue weighted by Gasteiger charge is 2.05. The summed E-state index contributed by atoms with van der Waals surface area (Å²) < 4.78 is 0. The van der Waals surface area contributed by atoms with Crippen molar-refractivity contribution in [2.45, 2.75) is 0 Å². The van der Waals surface area contributed by atoms with Crippen LogP contribution in [0, 0.1) is 0 Å². The fraction of sp³-hybridized carbons (Fsp3) is 0.286. The van der Waals surface area contributed by atoms with E-state index in [2.05, 4.69) is 0 Å². The van der Waals surface area contributed by atoms with Crippen LogP contribution in [0.4, 0.5) is 0 Å². The summed E-state index contributed by atoms with van der Waals surface area (Å²) in [6, 6.07) is 0. The number of likely N-dealkylation sites (N-methyl/N-ethyl adjacent to an activating group) is 1. The highest BCUT2D eigenvalue weighted by atomic mass is 127. The molecular weight excluding hydrogens is 257 g/mol. The molecule has 0 atom stereocenters. The zero-order valence-corrected chi connectivity index (χ0v) is 8.48. The molecular formula is C7H10INO2. The molecule has 3 nitrogen and oxygen atoms in total. The van der Waals surface area contributed by atoms with Crippen molar-refractivity contribution >= 4 is 29.9 Å². The van der Waals surface area contributed by atoms with Gasteiger partial charge in [0, 0.05) is 13.6 Å². The molecule has 11 heavy (non-hydrogen) atoms. The second-order valence-corrected chi connectivity index (χ2v) is 2.22. The summed E-state index contributed by atoms with van der Waals surface area (Å²) in [4.78, 5) is 12.2. The Labute approximate surface area is 82.4 Å². The van der Waals surface area contributed by atoms with E-state index in [1.54, 1.807) is 18.4 Å².